The molecule has 1 amide bonds. The van der Waals surface area contributed by atoms with Gasteiger partial charge in [-0.05, 0) is 63.9 Å². The monoisotopic (exact) mass is 476 g/mol. The van der Waals surface area contributed by atoms with Crippen molar-refractivity contribution in [2.24, 2.45) is 5.73 Å². The predicted octanol–water partition coefficient (Wildman–Crippen LogP) is 3.68. The number of nitrogens with two attached hydrogens (primary N) is 1. The third kappa shape index (κ3) is 4.77. The number of pyridine rings is 1. The molecule has 3 aromatic rings. The Morgan fingerprint density at radius 2 is 2.03 bits per heavy atom. The molecular formula is C27H36N6O2. The van der Waals surface area contributed by atoms with Crippen LogP contribution in [0.2, 0.25) is 0 Å². The summed E-state index contributed by atoms with van der Waals surface area (Å²) in [7, 11) is 0. The van der Waals surface area contributed by atoms with E-state index < -0.39 is 5.91 Å². The number of nitrogens with one attached hydrogen (secondary N) is 1. The molecule has 1 aromatic carbocycles. The third-order valence-corrected chi connectivity index (χ3v) is 7.46. The molecule has 1 unspecified atom stereocenters. The molecule has 1 atom stereocenters. The fraction of sp³-hybridized carbons (Fsp3) is 0.519. The number of primary amides is 1. The van der Waals surface area contributed by atoms with Crippen LogP contribution in [0.4, 0.5) is 0 Å². The zero-order chi connectivity index (χ0) is 24.4. The van der Waals surface area contributed by atoms with Gasteiger partial charge in [-0.3, -0.25) is 9.78 Å². The number of imidazole rings is 1. The number of piperidine rings is 1. The molecule has 0 radical (unpaired) electrons. The molecule has 2 aromatic heterocycles. The Labute approximate surface area is 206 Å². The number of para-hydroxylation sites is 1. The topological polar surface area (TPSA) is 98.3 Å². The Bertz CT molecular complexity index is 1190. The minimum atomic E-state index is -0.470. The number of nitrogens with zero attached hydrogens (tertiary/aromatic N) is 4. The fourth-order valence-electron chi connectivity index (χ4n) is 5.54. The van der Waals surface area contributed by atoms with Crippen molar-refractivity contribution in [3.05, 3.63) is 41.7 Å². The first kappa shape index (κ1) is 23.8. The second kappa shape index (κ2) is 10.3. The lowest BCUT2D eigenvalue weighted by atomic mass is 10.0. The first-order valence-corrected chi connectivity index (χ1v) is 12.9. The van der Waals surface area contributed by atoms with Crippen molar-refractivity contribution in [3.63, 3.8) is 0 Å². The van der Waals surface area contributed by atoms with Gasteiger partial charge in [0.05, 0.1) is 16.6 Å². The maximum atomic E-state index is 12.4. The number of amides is 1. The molecule has 5 rings (SSSR count). The summed E-state index contributed by atoms with van der Waals surface area (Å²) in [5, 5.41) is 3.59. The van der Waals surface area contributed by atoms with E-state index in [9.17, 15) is 4.79 Å². The van der Waals surface area contributed by atoms with Crippen LogP contribution in [-0.4, -0.2) is 64.2 Å². The van der Waals surface area contributed by atoms with Gasteiger partial charge in [0, 0.05) is 37.6 Å². The maximum absolute atomic E-state index is 12.4. The van der Waals surface area contributed by atoms with Gasteiger partial charge in [0.25, 0.3) is 0 Å². The van der Waals surface area contributed by atoms with E-state index in [1.807, 2.05) is 19.1 Å². The summed E-state index contributed by atoms with van der Waals surface area (Å²) in [5.74, 6) is 1.13. The number of aryl methyl sites for hydroxylation is 1. The van der Waals surface area contributed by atoms with Crippen LogP contribution in [0.3, 0.4) is 0 Å². The highest BCUT2D eigenvalue weighted by atomic mass is 16.5. The van der Waals surface area contributed by atoms with Crippen molar-refractivity contribution in [2.75, 3.05) is 32.7 Å². The normalized spacial score (nSPS) is 20.1. The summed E-state index contributed by atoms with van der Waals surface area (Å²) in [5.41, 5.74) is 9.56. The zero-order valence-corrected chi connectivity index (χ0v) is 20.8. The van der Waals surface area contributed by atoms with Crippen LogP contribution in [-0.2, 0) is 0 Å². The summed E-state index contributed by atoms with van der Waals surface area (Å²) in [6, 6.07) is 7.98. The minimum Gasteiger partial charge on any atom is -0.488 e. The molecule has 0 aliphatic carbocycles. The highest BCUT2D eigenvalue weighted by molar-refractivity contribution is 6.00. The molecule has 2 saturated heterocycles. The number of benzene rings is 1. The molecule has 0 spiro atoms. The second-order valence-corrected chi connectivity index (χ2v) is 9.72. The van der Waals surface area contributed by atoms with Gasteiger partial charge in [0.15, 0.2) is 0 Å². The van der Waals surface area contributed by atoms with Crippen LogP contribution in [0.5, 0.6) is 5.75 Å². The highest BCUT2D eigenvalue weighted by Crippen LogP contribution is 2.38. The Morgan fingerprint density at radius 1 is 1.20 bits per heavy atom. The predicted molar refractivity (Wildman–Crippen MR) is 138 cm³/mol. The van der Waals surface area contributed by atoms with E-state index in [0.717, 1.165) is 93.1 Å². The number of ether oxygens (including phenoxy) is 1. The standard InChI is InChI=1S/C27H36N6O2/c1-3-32-15-11-20(12-16-32)35-23-9-6-8-22-25(23)33(19-7-4-5-13-29-17-19)27(31-22)24-18(2)30-14-10-21(24)26(28)34/h6,8-10,14,19-20,29H,3-5,7,11-13,15-17H2,1-2H3,(H2,28,34). The number of carbonyl (C=O) groups is 1. The lowest BCUT2D eigenvalue weighted by molar-refractivity contribution is 0.100. The van der Waals surface area contributed by atoms with E-state index in [1.54, 1.807) is 12.3 Å². The first-order chi connectivity index (χ1) is 17.1. The molecule has 2 aliphatic heterocycles. The van der Waals surface area contributed by atoms with E-state index in [1.165, 1.54) is 0 Å². The van der Waals surface area contributed by atoms with E-state index in [2.05, 4.69) is 32.8 Å². The van der Waals surface area contributed by atoms with Crippen LogP contribution in [0, 0.1) is 6.92 Å². The lowest BCUT2D eigenvalue weighted by Crippen LogP contribution is -2.38. The van der Waals surface area contributed by atoms with Crippen LogP contribution >= 0.6 is 0 Å². The van der Waals surface area contributed by atoms with Gasteiger partial charge in [0.1, 0.15) is 23.2 Å². The van der Waals surface area contributed by atoms with Gasteiger partial charge >= 0.3 is 0 Å². The average Bonchev–Trinajstić information content (AvgIpc) is 3.04. The molecule has 186 valence electrons. The number of fused-ring (bicyclic) bond motifs is 1. The van der Waals surface area contributed by atoms with Gasteiger partial charge in [-0.2, -0.15) is 0 Å². The Morgan fingerprint density at radius 3 is 2.80 bits per heavy atom. The van der Waals surface area contributed by atoms with Gasteiger partial charge in [-0.15, -0.1) is 0 Å². The summed E-state index contributed by atoms with van der Waals surface area (Å²) < 4.78 is 8.96. The van der Waals surface area contributed by atoms with Crippen molar-refractivity contribution < 1.29 is 9.53 Å². The average molecular weight is 477 g/mol. The Kier molecular flexibility index (Phi) is 7.02. The third-order valence-electron chi connectivity index (χ3n) is 7.46. The van der Waals surface area contributed by atoms with Crippen LogP contribution in [0.25, 0.3) is 22.4 Å². The number of aromatic nitrogens is 3. The van der Waals surface area contributed by atoms with Gasteiger partial charge in [-0.1, -0.05) is 19.4 Å². The summed E-state index contributed by atoms with van der Waals surface area (Å²) in [4.78, 5) is 24.4. The number of rotatable bonds is 6. The Hall–Kier alpha value is -2.97. The van der Waals surface area contributed by atoms with E-state index >= 15 is 0 Å². The van der Waals surface area contributed by atoms with E-state index in [4.69, 9.17) is 15.5 Å². The highest BCUT2D eigenvalue weighted by Gasteiger charge is 2.28. The summed E-state index contributed by atoms with van der Waals surface area (Å²) >= 11 is 0. The SMILES string of the molecule is CCN1CCC(Oc2cccc3nc(-c4c(C(N)=O)ccnc4C)n(C4CCCCNC4)c23)CC1. The minimum absolute atomic E-state index is 0.184. The van der Waals surface area contributed by atoms with Gasteiger partial charge < -0.3 is 25.3 Å². The number of carbonyl (C=O) groups excluding carboxylic acids is 1. The van der Waals surface area contributed by atoms with Crippen LogP contribution < -0.4 is 15.8 Å². The largest absolute Gasteiger partial charge is 0.488 e. The second-order valence-electron chi connectivity index (χ2n) is 9.72. The lowest BCUT2D eigenvalue weighted by Gasteiger charge is -2.31. The van der Waals surface area contributed by atoms with Gasteiger partial charge in [-0.25, -0.2) is 4.98 Å². The van der Waals surface area contributed by atoms with Crippen molar-refractivity contribution in [1.29, 1.82) is 0 Å². The molecule has 2 fully saturated rings. The van der Waals surface area contributed by atoms with Crippen molar-refractivity contribution in [3.8, 4) is 17.1 Å². The van der Waals surface area contributed by atoms with Crippen molar-refractivity contribution in [1.82, 2.24) is 24.8 Å². The van der Waals surface area contributed by atoms with E-state index in [-0.39, 0.29) is 12.1 Å². The van der Waals surface area contributed by atoms with Crippen LogP contribution in [0.1, 0.15) is 61.1 Å². The molecule has 2 aliphatic rings. The molecule has 8 heteroatoms. The summed E-state index contributed by atoms with van der Waals surface area (Å²) in [6.45, 7) is 9.18. The molecule has 4 heterocycles. The van der Waals surface area contributed by atoms with E-state index in [0.29, 0.717) is 11.1 Å². The smallest absolute Gasteiger partial charge is 0.249 e. The number of likely N-dealkylation sites (tertiary alicyclic amines) is 1. The van der Waals surface area contributed by atoms with Crippen molar-refractivity contribution in [2.45, 2.75) is 58.1 Å². The number of hydrogen-bond donors (Lipinski definition) is 2. The fourth-order valence-corrected chi connectivity index (χ4v) is 5.54. The van der Waals surface area contributed by atoms with Crippen LogP contribution in [0.15, 0.2) is 30.5 Å². The maximum Gasteiger partial charge on any atom is 0.249 e. The summed E-state index contributed by atoms with van der Waals surface area (Å²) in [6.07, 6.45) is 7.16. The van der Waals surface area contributed by atoms with Crippen molar-refractivity contribution >= 4 is 16.9 Å². The number of hydrogen-bond acceptors (Lipinski definition) is 6. The quantitative estimate of drug-likeness (QED) is 0.563. The Balaban J connectivity index is 1.65. The molecule has 0 bridgehead atoms. The molecule has 8 nitrogen and oxygen atoms in total. The molecule has 0 saturated carbocycles. The molecule has 3 N–H and O–H groups in total. The van der Waals surface area contributed by atoms with Gasteiger partial charge in [0.2, 0.25) is 5.91 Å². The molecular weight excluding hydrogens is 440 g/mol. The first-order valence-electron chi connectivity index (χ1n) is 12.9. The zero-order valence-electron chi connectivity index (χ0n) is 20.8. The molecule has 35 heavy (non-hydrogen) atoms.